The van der Waals surface area contributed by atoms with E-state index in [4.69, 9.17) is 14.2 Å². The van der Waals surface area contributed by atoms with Crippen molar-refractivity contribution < 1.29 is 14.2 Å². The van der Waals surface area contributed by atoms with Crippen LogP contribution in [0.1, 0.15) is 30.4 Å². The van der Waals surface area contributed by atoms with E-state index in [0.717, 1.165) is 24.1 Å². The monoisotopic (exact) mass is 384 g/mol. The second-order valence-corrected chi connectivity index (χ2v) is 6.26. The highest BCUT2D eigenvalue weighted by Crippen LogP contribution is 2.38. The van der Waals surface area contributed by atoms with Crippen LogP contribution >= 0.6 is 0 Å². The van der Waals surface area contributed by atoms with Gasteiger partial charge in [-0.05, 0) is 30.2 Å². The zero-order valence-corrected chi connectivity index (χ0v) is 16.7. The molecule has 1 N–H and O–H groups in total. The molecular formula is C20H24N4O4. The smallest absolute Gasteiger partial charge is 0.277 e. The van der Waals surface area contributed by atoms with Crippen LogP contribution in [0.25, 0.3) is 23.2 Å². The first kappa shape index (κ1) is 19.5. The summed E-state index contributed by atoms with van der Waals surface area (Å²) in [6.45, 7) is 2.07. The van der Waals surface area contributed by atoms with Crippen LogP contribution in [0.15, 0.2) is 16.9 Å². The Morgan fingerprint density at radius 1 is 1.11 bits per heavy atom. The fourth-order valence-corrected chi connectivity index (χ4v) is 3.12. The minimum Gasteiger partial charge on any atom is -0.493 e. The molecule has 0 spiro atoms. The molecule has 0 amide bonds. The predicted molar refractivity (Wildman–Crippen MR) is 108 cm³/mol. The van der Waals surface area contributed by atoms with Crippen LogP contribution in [0.5, 0.6) is 17.2 Å². The number of nitrogens with zero attached hydrogens (tertiary/aromatic N) is 3. The van der Waals surface area contributed by atoms with Crippen LogP contribution in [0.4, 0.5) is 0 Å². The summed E-state index contributed by atoms with van der Waals surface area (Å²) in [6.07, 6.45) is 5.26. The van der Waals surface area contributed by atoms with E-state index in [2.05, 4.69) is 22.0 Å². The molecule has 0 atom stereocenters. The minimum absolute atomic E-state index is 0.216. The van der Waals surface area contributed by atoms with Crippen LogP contribution in [0.2, 0.25) is 0 Å². The van der Waals surface area contributed by atoms with Crippen molar-refractivity contribution in [3.8, 4) is 17.2 Å². The van der Waals surface area contributed by atoms with Crippen molar-refractivity contribution in [1.29, 1.82) is 0 Å². The molecule has 0 fully saturated rings. The number of rotatable bonds is 7. The normalized spacial score (nSPS) is 11.3. The summed E-state index contributed by atoms with van der Waals surface area (Å²) < 4.78 is 17.7. The van der Waals surface area contributed by atoms with Crippen LogP contribution in [0, 0.1) is 0 Å². The van der Waals surface area contributed by atoms with Gasteiger partial charge in [0.05, 0.1) is 27.0 Å². The van der Waals surface area contributed by atoms with Gasteiger partial charge in [-0.2, -0.15) is 5.10 Å². The molecule has 8 heteroatoms. The maximum atomic E-state index is 12.5. The van der Waals surface area contributed by atoms with E-state index in [1.54, 1.807) is 39.1 Å². The van der Waals surface area contributed by atoms with E-state index < -0.39 is 0 Å². The molecule has 0 aliphatic heterocycles. The van der Waals surface area contributed by atoms with Crippen molar-refractivity contribution in [2.45, 2.75) is 19.8 Å². The minimum atomic E-state index is -0.216. The maximum Gasteiger partial charge on any atom is 0.277 e. The Kier molecular flexibility index (Phi) is 5.67. The number of methoxy groups -OCH3 is 3. The third-order valence-electron chi connectivity index (χ3n) is 4.39. The first-order valence-electron chi connectivity index (χ1n) is 8.96. The lowest BCUT2D eigenvalue weighted by molar-refractivity contribution is 0.324. The Hall–Kier alpha value is -3.29. The van der Waals surface area contributed by atoms with E-state index in [0.29, 0.717) is 34.1 Å². The average Bonchev–Trinajstić information content (AvgIpc) is 3.01. The van der Waals surface area contributed by atoms with Gasteiger partial charge in [0.1, 0.15) is 11.3 Å². The number of benzene rings is 1. The maximum absolute atomic E-state index is 12.5. The highest BCUT2D eigenvalue weighted by Gasteiger charge is 2.14. The fourth-order valence-electron chi connectivity index (χ4n) is 3.12. The van der Waals surface area contributed by atoms with E-state index in [9.17, 15) is 4.79 Å². The SMILES string of the molecule is CCCc1nn(C)c2c(=O)[nH]c(/C=C/c3cc(OC)c(OC)c(OC)c3)nc12. The van der Waals surface area contributed by atoms with Gasteiger partial charge in [0.25, 0.3) is 5.56 Å². The number of aromatic amines is 1. The van der Waals surface area contributed by atoms with Gasteiger partial charge in [0, 0.05) is 7.05 Å². The number of hydrogen-bond acceptors (Lipinski definition) is 6. The topological polar surface area (TPSA) is 91.3 Å². The van der Waals surface area contributed by atoms with E-state index in [-0.39, 0.29) is 5.56 Å². The molecular weight excluding hydrogens is 360 g/mol. The Morgan fingerprint density at radius 3 is 2.36 bits per heavy atom. The fraction of sp³-hybridized carbons (Fsp3) is 0.350. The van der Waals surface area contributed by atoms with E-state index in [1.807, 2.05) is 18.2 Å². The van der Waals surface area contributed by atoms with Crippen molar-refractivity contribution in [3.05, 3.63) is 39.6 Å². The number of fused-ring (bicyclic) bond motifs is 1. The summed E-state index contributed by atoms with van der Waals surface area (Å²) in [5.41, 5.74) is 2.55. The molecule has 8 nitrogen and oxygen atoms in total. The highest BCUT2D eigenvalue weighted by molar-refractivity contribution is 5.79. The zero-order valence-electron chi connectivity index (χ0n) is 16.7. The third kappa shape index (κ3) is 3.58. The standard InChI is InChI=1S/C20H24N4O4/c1-6-7-13-17-18(24(2)23-13)20(25)22-16(21-17)9-8-12-10-14(26-3)19(28-5)15(11-12)27-4/h8-11H,6-7H2,1-5H3,(H,21,22,25)/b9-8+. The Morgan fingerprint density at radius 2 is 1.79 bits per heavy atom. The molecule has 28 heavy (non-hydrogen) atoms. The largest absolute Gasteiger partial charge is 0.493 e. The molecule has 0 saturated carbocycles. The van der Waals surface area contributed by atoms with Crippen LogP contribution in [-0.4, -0.2) is 41.1 Å². The van der Waals surface area contributed by atoms with Gasteiger partial charge in [0.2, 0.25) is 5.75 Å². The van der Waals surface area contributed by atoms with Crippen molar-refractivity contribution >= 4 is 23.2 Å². The van der Waals surface area contributed by atoms with Gasteiger partial charge in [-0.15, -0.1) is 0 Å². The third-order valence-corrected chi connectivity index (χ3v) is 4.39. The number of nitrogens with one attached hydrogen (secondary N) is 1. The average molecular weight is 384 g/mol. The van der Waals surface area contributed by atoms with Gasteiger partial charge in [0.15, 0.2) is 17.0 Å². The lowest BCUT2D eigenvalue weighted by Crippen LogP contribution is -2.12. The molecule has 0 aliphatic carbocycles. The van der Waals surface area contributed by atoms with E-state index >= 15 is 0 Å². The van der Waals surface area contributed by atoms with Crippen molar-refractivity contribution in [3.63, 3.8) is 0 Å². The van der Waals surface area contributed by atoms with Crippen LogP contribution in [-0.2, 0) is 13.5 Å². The molecule has 1 aromatic carbocycles. The molecule has 3 rings (SSSR count). The number of aromatic nitrogens is 4. The second kappa shape index (κ2) is 8.16. The summed E-state index contributed by atoms with van der Waals surface area (Å²) in [4.78, 5) is 19.9. The Labute approximate surface area is 162 Å². The number of aryl methyl sites for hydroxylation is 2. The Bertz CT molecular complexity index is 1060. The molecule has 0 saturated heterocycles. The molecule has 3 aromatic rings. The number of ether oxygens (including phenoxy) is 3. The first-order chi connectivity index (χ1) is 13.5. The summed E-state index contributed by atoms with van der Waals surface area (Å²) in [7, 11) is 6.44. The molecule has 0 bridgehead atoms. The summed E-state index contributed by atoms with van der Waals surface area (Å²) in [6, 6.07) is 3.64. The molecule has 2 heterocycles. The van der Waals surface area contributed by atoms with Gasteiger partial charge >= 0.3 is 0 Å². The highest BCUT2D eigenvalue weighted by atomic mass is 16.5. The molecule has 2 aromatic heterocycles. The zero-order chi connectivity index (χ0) is 20.3. The summed E-state index contributed by atoms with van der Waals surface area (Å²) in [5, 5.41) is 4.43. The van der Waals surface area contributed by atoms with Gasteiger partial charge in [-0.1, -0.05) is 19.4 Å². The molecule has 0 unspecified atom stereocenters. The quantitative estimate of drug-likeness (QED) is 0.674. The Balaban J connectivity index is 2.04. The van der Waals surface area contributed by atoms with Gasteiger partial charge in [-0.3, -0.25) is 9.48 Å². The first-order valence-corrected chi connectivity index (χ1v) is 8.96. The van der Waals surface area contributed by atoms with Crippen molar-refractivity contribution in [2.75, 3.05) is 21.3 Å². The molecule has 148 valence electrons. The number of hydrogen-bond donors (Lipinski definition) is 1. The van der Waals surface area contributed by atoms with Crippen molar-refractivity contribution in [2.24, 2.45) is 7.05 Å². The lowest BCUT2D eigenvalue weighted by Gasteiger charge is -2.12. The summed E-state index contributed by atoms with van der Waals surface area (Å²) >= 11 is 0. The predicted octanol–water partition coefficient (Wildman–Crippen LogP) is 2.81. The number of H-pyrrole nitrogens is 1. The molecule has 0 aliphatic rings. The van der Waals surface area contributed by atoms with E-state index in [1.165, 1.54) is 0 Å². The molecule has 0 radical (unpaired) electrons. The van der Waals surface area contributed by atoms with Crippen LogP contribution < -0.4 is 19.8 Å². The van der Waals surface area contributed by atoms with Gasteiger partial charge < -0.3 is 19.2 Å². The lowest BCUT2D eigenvalue weighted by atomic mass is 10.1. The second-order valence-electron chi connectivity index (χ2n) is 6.26. The van der Waals surface area contributed by atoms with Gasteiger partial charge in [-0.25, -0.2) is 4.98 Å². The van der Waals surface area contributed by atoms with Crippen LogP contribution in [0.3, 0.4) is 0 Å². The van der Waals surface area contributed by atoms with Crippen molar-refractivity contribution in [1.82, 2.24) is 19.7 Å². The summed E-state index contributed by atoms with van der Waals surface area (Å²) in [5.74, 6) is 2.08.